The van der Waals surface area contributed by atoms with E-state index >= 15 is 0 Å². The number of aromatic nitrogens is 1. The van der Waals surface area contributed by atoms with E-state index in [1.54, 1.807) is 43.3 Å². The van der Waals surface area contributed by atoms with Crippen molar-refractivity contribution in [3.63, 3.8) is 0 Å². The highest BCUT2D eigenvalue weighted by molar-refractivity contribution is 7.91. The van der Waals surface area contributed by atoms with E-state index in [-0.39, 0.29) is 60.1 Å². The van der Waals surface area contributed by atoms with Gasteiger partial charge in [-0.25, -0.2) is 13.4 Å². The molecule has 3 aromatic rings. The number of carbonyl (C=O) groups excluding carboxylic acids is 3. The van der Waals surface area contributed by atoms with E-state index in [0.717, 1.165) is 27.3 Å². The van der Waals surface area contributed by atoms with Gasteiger partial charge in [0.15, 0.2) is 5.01 Å². The van der Waals surface area contributed by atoms with Crippen molar-refractivity contribution >= 4 is 72.1 Å². The number of hydrogen-bond acceptors (Lipinski definition) is 11. The SMILES string of the molecule is CN(C)C(=O)CC1(CC(=O)N2CCOCC2)CN(S(=O)(=O)c2cc3ccc(Cl)cc3s2)CCN1C(=O)c1nc2c(s1)CN(O)CC2. The molecule has 1 unspecified atom stereocenters. The topological polar surface area (TPSA) is 144 Å². The van der Waals surface area contributed by atoms with E-state index in [1.165, 1.54) is 30.5 Å². The maximum Gasteiger partial charge on any atom is 0.283 e. The minimum absolute atomic E-state index is 0.0395. The lowest BCUT2D eigenvalue weighted by atomic mass is 9.85. The number of hydroxylamine groups is 2. The molecule has 3 amide bonds. The molecule has 0 radical (unpaired) electrons. The van der Waals surface area contributed by atoms with E-state index in [1.807, 2.05) is 0 Å². The number of amides is 3. The lowest BCUT2D eigenvalue weighted by Gasteiger charge is -2.50. The molecule has 0 aliphatic carbocycles. The van der Waals surface area contributed by atoms with Crippen LogP contribution in [0.25, 0.3) is 10.1 Å². The zero-order valence-corrected chi connectivity index (χ0v) is 28.7. The molecule has 3 aliphatic heterocycles. The highest BCUT2D eigenvalue weighted by Crippen LogP contribution is 2.38. The molecular weight excluding hydrogens is 676 g/mol. The number of carbonyl (C=O) groups is 3. The van der Waals surface area contributed by atoms with Crippen LogP contribution in [-0.4, -0.2) is 133 Å². The molecule has 2 fully saturated rings. The van der Waals surface area contributed by atoms with Crippen LogP contribution in [0.3, 0.4) is 0 Å². The van der Waals surface area contributed by atoms with Crippen LogP contribution in [0.4, 0.5) is 0 Å². The van der Waals surface area contributed by atoms with Crippen molar-refractivity contribution in [3.8, 4) is 0 Å². The second-order valence-electron chi connectivity index (χ2n) is 11.9. The van der Waals surface area contributed by atoms with Gasteiger partial charge in [-0.1, -0.05) is 17.7 Å². The quantitative estimate of drug-likeness (QED) is 0.391. The zero-order chi connectivity index (χ0) is 32.8. The van der Waals surface area contributed by atoms with Crippen LogP contribution < -0.4 is 0 Å². The first-order chi connectivity index (χ1) is 21.9. The molecule has 2 aromatic heterocycles. The minimum Gasteiger partial charge on any atom is -0.378 e. The van der Waals surface area contributed by atoms with Gasteiger partial charge in [0.05, 0.1) is 43.8 Å². The molecule has 46 heavy (non-hydrogen) atoms. The van der Waals surface area contributed by atoms with Gasteiger partial charge in [-0.15, -0.1) is 22.7 Å². The van der Waals surface area contributed by atoms with Crippen molar-refractivity contribution in [1.29, 1.82) is 0 Å². The van der Waals surface area contributed by atoms with Crippen LogP contribution in [0.5, 0.6) is 0 Å². The first-order valence-corrected chi connectivity index (χ1v) is 18.3. The van der Waals surface area contributed by atoms with Gasteiger partial charge in [0.25, 0.3) is 15.9 Å². The Bertz CT molecular complexity index is 1770. The molecule has 0 spiro atoms. The lowest BCUT2D eigenvalue weighted by molar-refractivity contribution is -0.141. The van der Waals surface area contributed by atoms with Crippen LogP contribution in [-0.2, 0) is 37.3 Å². The average Bonchev–Trinajstić information content (AvgIpc) is 3.65. The first kappa shape index (κ1) is 33.2. The molecule has 0 saturated carbocycles. The number of nitrogens with zero attached hydrogens (tertiary/aromatic N) is 6. The van der Waals surface area contributed by atoms with Crippen molar-refractivity contribution < 1.29 is 32.7 Å². The Morgan fingerprint density at radius 3 is 2.57 bits per heavy atom. The third kappa shape index (κ3) is 6.54. The third-order valence-corrected chi connectivity index (χ3v) is 13.3. The molecular formula is C29H35ClN6O7S3. The Hall–Kier alpha value is -2.70. The van der Waals surface area contributed by atoms with Gasteiger partial charge >= 0.3 is 0 Å². The zero-order valence-electron chi connectivity index (χ0n) is 25.5. The largest absolute Gasteiger partial charge is 0.378 e. The predicted octanol–water partition coefficient (Wildman–Crippen LogP) is 2.37. The summed E-state index contributed by atoms with van der Waals surface area (Å²) in [7, 11) is -0.923. The van der Waals surface area contributed by atoms with Gasteiger partial charge in [0, 0.05) is 74.4 Å². The predicted molar refractivity (Wildman–Crippen MR) is 173 cm³/mol. The molecule has 1 aromatic carbocycles. The molecule has 0 bridgehead atoms. The summed E-state index contributed by atoms with van der Waals surface area (Å²) >= 11 is 8.43. The Morgan fingerprint density at radius 1 is 1.07 bits per heavy atom. The monoisotopic (exact) mass is 710 g/mol. The summed E-state index contributed by atoms with van der Waals surface area (Å²) in [4.78, 5) is 51.6. The highest BCUT2D eigenvalue weighted by Gasteiger charge is 2.51. The number of hydrogen-bond donors (Lipinski definition) is 1. The first-order valence-electron chi connectivity index (χ1n) is 14.9. The van der Waals surface area contributed by atoms with Gasteiger partial charge in [0.2, 0.25) is 11.8 Å². The lowest BCUT2D eigenvalue weighted by Crippen LogP contribution is -2.67. The van der Waals surface area contributed by atoms with Crippen molar-refractivity contribution in [2.75, 3.05) is 66.6 Å². The standard InChI is InChI=1S/C29H35ClN6O7S3/c1-32(2)24(37)15-29(16-25(38)33-9-11-43-12-10-33)18-35(46(41,42)26-13-19-3-4-20(30)14-22(19)44-26)7-8-36(29)28(39)27-31-21-5-6-34(40)17-23(21)45-27/h3-4,13-14,40H,5-12,15-18H2,1-2H3. The fraction of sp³-hybridized carbons (Fsp3) is 0.517. The summed E-state index contributed by atoms with van der Waals surface area (Å²) in [5.74, 6) is -1.12. The molecule has 13 nitrogen and oxygen atoms in total. The number of ether oxygens (including phenoxy) is 1. The maximum absolute atomic E-state index is 14.3. The third-order valence-electron chi connectivity index (χ3n) is 8.63. The van der Waals surface area contributed by atoms with E-state index in [9.17, 15) is 28.0 Å². The summed E-state index contributed by atoms with van der Waals surface area (Å²) < 4.78 is 35.9. The van der Waals surface area contributed by atoms with Crippen molar-refractivity contribution in [1.82, 2.24) is 29.1 Å². The van der Waals surface area contributed by atoms with Crippen molar-refractivity contribution in [3.05, 3.63) is 44.9 Å². The van der Waals surface area contributed by atoms with E-state index in [2.05, 4.69) is 4.98 Å². The summed E-state index contributed by atoms with van der Waals surface area (Å²) in [5, 5.41) is 12.6. The Morgan fingerprint density at radius 2 is 1.83 bits per heavy atom. The molecule has 1 atom stereocenters. The summed E-state index contributed by atoms with van der Waals surface area (Å²) in [6.07, 6.45) is -0.0605. The molecule has 17 heteroatoms. The van der Waals surface area contributed by atoms with Crippen LogP contribution in [0.1, 0.15) is 33.2 Å². The van der Waals surface area contributed by atoms with Gasteiger partial charge in [-0.2, -0.15) is 9.37 Å². The van der Waals surface area contributed by atoms with E-state index in [0.29, 0.717) is 49.0 Å². The second-order valence-corrected chi connectivity index (χ2v) is 16.7. The number of sulfonamides is 1. The summed E-state index contributed by atoms with van der Waals surface area (Å²) in [5.41, 5.74) is -0.780. The number of benzene rings is 1. The molecule has 2 saturated heterocycles. The Kier molecular flexibility index (Phi) is 9.44. The Labute approximate surface area is 279 Å². The number of halogens is 1. The average molecular weight is 711 g/mol. The smallest absolute Gasteiger partial charge is 0.283 e. The molecule has 3 aliphatic rings. The fourth-order valence-electron chi connectivity index (χ4n) is 6.10. The summed E-state index contributed by atoms with van der Waals surface area (Å²) in [6.45, 7) is 1.71. The van der Waals surface area contributed by atoms with Crippen LogP contribution >= 0.6 is 34.3 Å². The van der Waals surface area contributed by atoms with Gasteiger partial charge in [0.1, 0.15) is 4.21 Å². The summed E-state index contributed by atoms with van der Waals surface area (Å²) in [6, 6.07) is 6.76. The highest BCUT2D eigenvalue weighted by atomic mass is 35.5. The van der Waals surface area contributed by atoms with Crippen molar-refractivity contribution in [2.24, 2.45) is 0 Å². The molecule has 248 valence electrons. The van der Waals surface area contributed by atoms with Crippen LogP contribution in [0.15, 0.2) is 28.5 Å². The molecule has 1 N–H and O–H groups in total. The number of thiazole rings is 1. The van der Waals surface area contributed by atoms with Gasteiger partial charge < -0.3 is 24.6 Å². The maximum atomic E-state index is 14.3. The number of rotatable bonds is 7. The van der Waals surface area contributed by atoms with Crippen LogP contribution in [0.2, 0.25) is 5.02 Å². The Balaban J connectivity index is 1.40. The van der Waals surface area contributed by atoms with Gasteiger partial charge in [-0.3, -0.25) is 14.4 Å². The minimum atomic E-state index is -4.09. The van der Waals surface area contributed by atoms with Crippen molar-refractivity contribution in [2.45, 2.75) is 35.6 Å². The number of fused-ring (bicyclic) bond motifs is 2. The number of morpholine rings is 1. The van der Waals surface area contributed by atoms with Crippen LogP contribution in [0, 0.1) is 0 Å². The number of piperazine rings is 1. The van der Waals surface area contributed by atoms with E-state index in [4.69, 9.17) is 16.3 Å². The second kappa shape index (κ2) is 13.1. The molecule has 6 rings (SSSR count). The number of thiophene rings is 1. The fourth-order valence-corrected chi connectivity index (χ4v) is 10.5. The van der Waals surface area contributed by atoms with Gasteiger partial charge in [-0.05, 0) is 23.6 Å². The molecule has 5 heterocycles. The van der Waals surface area contributed by atoms with E-state index < -0.39 is 21.5 Å². The normalized spacial score (nSPS) is 21.4.